The summed E-state index contributed by atoms with van der Waals surface area (Å²) in [6.07, 6.45) is 14.5. The molecule has 158 valence electrons. The van der Waals surface area contributed by atoms with E-state index < -0.39 is 0 Å². The lowest BCUT2D eigenvalue weighted by atomic mass is 9.84. The van der Waals surface area contributed by atoms with Crippen LogP contribution in [-0.2, 0) is 4.74 Å². The SMILES string of the molecule is CCCC(C)Nc1ncc2c(OC3CCOCC3)ncc(C3CCCCC3)c2n1. The largest absolute Gasteiger partial charge is 0.474 e. The van der Waals surface area contributed by atoms with Crippen LogP contribution in [0.25, 0.3) is 10.9 Å². The minimum atomic E-state index is 0.155. The number of ether oxygens (including phenoxy) is 2. The molecule has 4 rings (SSSR count). The van der Waals surface area contributed by atoms with Gasteiger partial charge in [-0.2, -0.15) is 0 Å². The fourth-order valence-corrected chi connectivity index (χ4v) is 4.57. The van der Waals surface area contributed by atoms with E-state index in [1.807, 2.05) is 12.4 Å². The molecule has 6 heteroatoms. The number of pyridine rings is 1. The quantitative estimate of drug-likeness (QED) is 0.689. The van der Waals surface area contributed by atoms with E-state index in [-0.39, 0.29) is 6.10 Å². The number of aromatic nitrogens is 3. The van der Waals surface area contributed by atoms with Gasteiger partial charge in [-0.25, -0.2) is 15.0 Å². The molecule has 0 radical (unpaired) electrons. The van der Waals surface area contributed by atoms with Gasteiger partial charge in [0.25, 0.3) is 0 Å². The van der Waals surface area contributed by atoms with E-state index in [1.165, 1.54) is 37.7 Å². The van der Waals surface area contributed by atoms with Crippen LogP contribution >= 0.6 is 0 Å². The molecule has 29 heavy (non-hydrogen) atoms. The molecular formula is C23H34N4O2. The van der Waals surface area contributed by atoms with Crippen molar-refractivity contribution in [1.82, 2.24) is 15.0 Å². The predicted molar refractivity (Wildman–Crippen MR) is 116 cm³/mol. The Hall–Kier alpha value is -1.95. The zero-order valence-corrected chi connectivity index (χ0v) is 17.8. The highest BCUT2D eigenvalue weighted by atomic mass is 16.5. The molecule has 1 aliphatic heterocycles. The first kappa shape index (κ1) is 20.3. The van der Waals surface area contributed by atoms with Crippen molar-refractivity contribution in [3.63, 3.8) is 0 Å². The number of anilines is 1. The minimum Gasteiger partial charge on any atom is -0.474 e. The molecular weight excluding hydrogens is 364 g/mol. The fraction of sp³-hybridized carbons (Fsp3) is 0.696. The van der Waals surface area contributed by atoms with Gasteiger partial charge in [-0.3, -0.25) is 0 Å². The zero-order chi connectivity index (χ0) is 20.1. The van der Waals surface area contributed by atoms with Crippen LogP contribution in [-0.4, -0.2) is 40.3 Å². The summed E-state index contributed by atoms with van der Waals surface area (Å²) >= 11 is 0. The predicted octanol–water partition coefficient (Wildman–Crippen LogP) is 5.23. The monoisotopic (exact) mass is 398 g/mol. The van der Waals surface area contributed by atoms with E-state index in [4.69, 9.17) is 19.4 Å². The van der Waals surface area contributed by atoms with Gasteiger partial charge < -0.3 is 14.8 Å². The van der Waals surface area contributed by atoms with Crippen molar-refractivity contribution >= 4 is 16.9 Å². The lowest BCUT2D eigenvalue weighted by Crippen LogP contribution is -2.26. The second-order valence-corrected chi connectivity index (χ2v) is 8.57. The molecule has 3 heterocycles. The number of rotatable bonds is 7. The van der Waals surface area contributed by atoms with Gasteiger partial charge >= 0.3 is 0 Å². The van der Waals surface area contributed by atoms with E-state index in [2.05, 4.69) is 24.1 Å². The molecule has 2 aromatic heterocycles. The van der Waals surface area contributed by atoms with Crippen molar-refractivity contribution in [2.45, 2.75) is 89.7 Å². The Bertz CT molecular complexity index is 801. The molecule has 1 unspecified atom stereocenters. The van der Waals surface area contributed by atoms with Gasteiger partial charge in [0.2, 0.25) is 11.8 Å². The van der Waals surface area contributed by atoms with Crippen LogP contribution in [0, 0.1) is 0 Å². The van der Waals surface area contributed by atoms with E-state index in [0.29, 0.717) is 23.8 Å². The van der Waals surface area contributed by atoms with Crippen molar-refractivity contribution in [3.8, 4) is 5.88 Å². The van der Waals surface area contributed by atoms with Gasteiger partial charge in [0.1, 0.15) is 6.10 Å². The van der Waals surface area contributed by atoms with Crippen LogP contribution in [0.3, 0.4) is 0 Å². The first-order valence-electron chi connectivity index (χ1n) is 11.4. The molecule has 1 saturated heterocycles. The van der Waals surface area contributed by atoms with Gasteiger partial charge in [0, 0.05) is 36.8 Å². The van der Waals surface area contributed by atoms with Gasteiger partial charge in [-0.15, -0.1) is 0 Å². The Morgan fingerprint density at radius 1 is 1.10 bits per heavy atom. The summed E-state index contributed by atoms with van der Waals surface area (Å²) in [5.74, 6) is 1.91. The van der Waals surface area contributed by atoms with Gasteiger partial charge in [-0.05, 0) is 32.1 Å². The minimum absolute atomic E-state index is 0.155. The van der Waals surface area contributed by atoms with Crippen LogP contribution in [0.1, 0.15) is 83.1 Å². The molecule has 0 bridgehead atoms. The maximum atomic E-state index is 6.28. The first-order valence-corrected chi connectivity index (χ1v) is 11.4. The summed E-state index contributed by atoms with van der Waals surface area (Å²) in [5, 5.41) is 4.40. The molecule has 0 aromatic carbocycles. The Morgan fingerprint density at radius 3 is 2.66 bits per heavy atom. The van der Waals surface area contributed by atoms with Crippen LogP contribution in [0.2, 0.25) is 0 Å². The second kappa shape index (κ2) is 9.70. The molecule has 2 fully saturated rings. The Balaban J connectivity index is 1.67. The molecule has 2 aromatic rings. The molecule has 1 aliphatic carbocycles. The summed E-state index contributed by atoms with van der Waals surface area (Å²) < 4.78 is 11.7. The average Bonchev–Trinajstić information content (AvgIpc) is 2.75. The third-order valence-corrected chi connectivity index (χ3v) is 6.20. The summed E-state index contributed by atoms with van der Waals surface area (Å²) in [4.78, 5) is 14.3. The third kappa shape index (κ3) is 4.97. The number of fused-ring (bicyclic) bond motifs is 1. The maximum Gasteiger partial charge on any atom is 0.224 e. The lowest BCUT2D eigenvalue weighted by molar-refractivity contribution is 0.0244. The van der Waals surface area contributed by atoms with Crippen molar-refractivity contribution in [3.05, 3.63) is 18.0 Å². The number of nitrogens with one attached hydrogen (secondary N) is 1. The van der Waals surface area contributed by atoms with Crippen LogP contribution in [0.5, 0.6) is 5.88 Å². The Labute approximate surface area is 173 Å². The highest BCUT2D eigenvalue weighted by Crippen LogP contribution is 2.37. The molecule has 6 nitrogen and oxygen atoms in total. The van der Waals surface area contributed by atoms with Gasteiger partial charge in [-0.1, -0.05) is 32.6 Å². The Morgan fingerprint density at radius 2 is 1.90 bits per heavy atom. The molecule has 1 atom stereocenters. The lowest BCUT2D eigenvalue weighted by Gasteiger charge is -2.25. The molecule has 0 amide bonds. The molecule has 0 spiro atoms. The number of hydrogen-bond acceptors (Lipinski definition) is 6. The van der Waals surface area contributed by atoms with Gasteiger partial charge in [0.15, 0.2) is 0 Å². The zero-order valence-electron chi connectivity index (χ0n) is 17.8. The van der Waals surface area contributed by atoms with E-state index in [1.54, 1.807) is 0 Å². The average molecular weight is 399 g/mol. The first-order chi connectivity index (χ1) is 14.2. The van der Waals surface area contributed by atoms with E-state index in [9.17, 15) is 0 Å². The van der Waals surface area contributed by atoms with Gasteiger partial charge in [0.05, 0.1) is 24.1 Å². The highest BCUT2D eigenvalue weighted by molar-refractivity contribution is 5.86. The van der Waals surface area contributed by atoms with Crippen molar-refractivity contribution < 1.29 is 9.47 Å². The second-order valence-electron chi connectivity index (χ2n) is 8.57. The van der Waals surface area contributed by atoms with Crippen LogP contribution < -0.4 is 10.1 Å². The standard InChI is InChI=1S/C23H34N4O2/c1-3-7-16(2)26-23-25-15-20-21(27-23)19(17-8-5-4-6-9-17)14-24-22(20)29-18-10-12-28-13-11-18/h14-18H,3-13H2,1-2H3,(H,25,26,27). The number of hydrogen-bond donors (Lipinski definition) is 1. The summed E-state index contributed by atoms with van der Waals surface area (Å²) in [6.45, 7) is 5.89. The number of nitrogens with zero attached hydrogens (tertiary/aromatic N) is 3. The summed E-state index contributed by atoms with van der Waals surface area (Å²) in [7, 11) is 0. The molecule has 2 aliphatic rings. The van der Waals surface area contributed by atoms with E-state index in [0.717, 1.165) is 49.8 Å². The Kier molecular flexibility index (Phi) is 6.80. The topological polar surface area (TPSA) is 69.2 Å². The summed E-state index contributed by atoms with van der Waals surface area (Å²) in [5.41, 5.74) is 2.27. The van der Waals surface area contributed by atoms with Crippen molar-refractivity contribution in [2.75, 3.05) is 18.5 Å². The normalized spacial score (nSPS) is 19.9. The molecule has 1 N–H and O–H groups in total. The van der Waals surface area contributed by atoms with Crippen LogP contribution in [0.15, 0.2) is 12.4 Å². The van der Waals surface area contributed by atoms with Crippen molar-refractivity contribution in [2.24, 2.45) is 0 Å². The third-order valence-electron chi connectivity index (χ3n) is 6.20. The fourth-order valence-electron chi connectivity index (χ4n) is 4.57. The maximum absolute atomic E-state index is 6.28. The highest BCUT2D eigenvalue weighted by Gasteiger charge is 2.23. The smallest absolute Gasteiger partial charge is 0.224 e. The van der Waals surface area contributed by atoms with E-state index >= 15 is 0 Å². The van der Waals surface area contributed by atoms with Crippen LogP contribution in [0.4, 0.5) is 5.95 Å². The van der Waals surface area contributed by atoms with Crippen molar-refractivity contribution in [1.29, 1.82) is 0 Å². The summed E-state index contributed by atoms with van der Waals surface area (Å²) in [6, 6.07) is 0.357. The molecule has 1 saturated carbocycles.